The van der Waals surface area contributed by atoms with Gasteiger partial charge in [0, 0.05) is 12.0 Å². The van der Waals surface area contributed by atoms with E-state index in [1.807, 2.05) is 12.1 Å². The van der Waals surface area contributed by atoms with Gasteiger partial charge in [-0.25, -0.2) is 0 Å². The van der Waals surface area contributed by atoms with Crippen molar-refractivity contribution in [2.75, 3.05) is 5.32 Å². The average molecular weight is 365 g/mol. The van der Waals surface area contributed by atoms with Crippen molar-refractivity contribution in [2.45, 2.75) is 37.6 Å². The van der Waals surface area contributed by atoms with Crippen molar-refractivity contribution < 1.29 is 0 Å². The standard InChI is InChI=1S/C18H19BrClN/c19-18-15(20)10-6-12-17(18)21-16-11-5-4-9-14(16)13-7-2-1-3-8-13/h1-3,6-8,10,12,14,16,21H,4-5,9,11H2. The Morgan fingerprint density at radius 1 is 0.952 bits per heavy atom. The van der Waals surface area contributed by atoms with E-state index in [2.05, 4.69) is 57.6 Å². The maximum Gasteiger partial charge on any atom is 0.0593 e. The van der Waals surface area contributed by atoms with Gasteiger partial charge in [-0.15, -0.1) is 0 Å². The molecule has 1 fully saturated rings. The van der Waals surface area contributed by atoms with Crippen LogP contribution in [-0.4, -0.2) is 6.04 Å². The van der Waals surface area contributed by atoms with Crippen molar-refractivity contribution in [3.05, 3.63) is 63.6 Å². The second-order valence-electron chi connectivity index (χ2n) is 5.65. The first-order valence-electron chi connectivity index (χ1n) is 7.51. The summed E-state index contributed by atoms with van der Waals surface area (Å²) in [6.07, 6.45) is 5.06. The molecule has 0 bridgehead atoms. The van der Waals surface area contributed by atoms with Gasteiger partial charge < -0.3 is 5.32 Å². The number of benzene rings is 2. The van der Waals surface area contributed by atoms with Gasteiger partial charge in [0.25, 0.3) is 0 Å². The molecular weight excluding hydrogens is 346 g/mol. The van der Waals surface area contributed by atoms with Crippen LogP contribution in [0, 0.1) is 0 Å². The van der Waals surface area contributed by atoms with Crippen molar-refractivity contribution in [1.82, 2.24) is 0 Å². The van der Waals surface area contributed by atoms with Gasteiger partial charge in [0.05, 0.1) is 15.2 Å². The third-order valence-corrected chi connectivity index (χ3v) is 5.68. The van der Waals surface area contributed by atoms with E-state index in [0.717, 1.165) is 15.2 Å². The van der Waals surface area contributed by atoms with Crippen LogP contribution >= 0.6 is 27.5 Å². The molecule has 110 valence electrons. The van der Waals surface area contributed by atoms with E-state index in [4.69, 9.17) is 11.6 Å². The third-order valence-electron chi connectivity index (χ3n) is 4.29. The number of rotatable bonds is 3. The molecule has 0 saturated heterocycles. The zero-order valence-corrected chi connectivity index (χ0v) is 14.2. The number of hydrogen-bond acceptors (Lipinski definition) is 1. The van der Waals surface area contributed by atoms with Gasteiger partial charge >= 0.3 is 0 Å². The molecule has 1 N–H and O–H groups in total. The van der Waals surface area contributed by atoms with Crippen LogP contribution in [0.25, 0.3) is 0 Å². The van der Waals surface area contributed by atoms with Crippen LogP contribution in [0.2, 0.25) is 5.02 Å². The third kappa shape index (κ3) is 3.44. The van der Waals surface area contributed by atoms with E-state index in [9.17, 15) is 0 Å². The fraction of sp³-hybridized carbons (Fsp3) is 0.333. The summed E-state index contributed by atoms with van der Waals surface area (Å²) in [6, 6.07) is 17.3. The van der Waals surface area contributed by atoms with Crippen LogP contribution in [0.1, 0.15) is 37.2 Å². The van der Waals surface area contributed by atoms with Crippen molar-refractivity contribution >= 4 is 33.2 Å². The predicted octanol–water partition coefficient (Wildman–Crippen LogP) is 6.24. The Hall–Kier alpha value is -0.990. The summed E-state index contributed by atoms with van der Waals surface area (Å²) in [4.78, 5) is 0. The van der Waals surface area contributed by atoms with Crippen LogP contribution in [0.5, 0.6) is 0 Å². The van der Waals surface area contributed by atoms with Crippen LogP contribution in [0.3, 0.4) is 0 Å². The fourth-order valence-electron chi connectivity index (χ4n) is 3.22. The Balaban J connectivity index is 1.83. The zero-order chi connectivity index (χ0) is 14.7. The quantitative estimate of drug-likeness (QED) is 0.679. The summed E-state index contributed by atoms with van der Waals surface area (Å²) in [6.45, 7) is 0. The SMILES string of the molecule is Clc1cccc(NC2CCCCC2c2ccccc2)c1Br. The first kappa shape index (κ1) is 14.9. The lowest BCUT2D eigenvalue weighted by atomic mass is 9.80. The molecule has 0 spiro atoms. The highest BCUT2D eigenvalue weighted by atomic mass is 79.9. The van der Waals surface area contributed by atoms with Gasteiger partial charge in [-0.3, -0.25) is 0 Å². The zero-order valence-electron chi connectivity index (χ0n) is 11.9. The summed E-state index contributed by atoms with van der Waals surface area (Å²) < 4.78 is 0.962. The van der Waals surface area contributed by atoms with Gasteiger partial charge in [-0.05, 0) is 46.5 Å². The minimum absolute atomic E-state index is 0.468. The molecule has 3 heteroatoms. The van der Waals surface area contributed by atoms with Crippen LogP contribution in [-0.2, 0) is 0 Å². The lowest BCUT2D eigenvalue weighted by Crippen LogP contribution is -2.30. The summed E-state index contributed by atoms with van der Waals surface area (Å²) in [5.74, 6) is 0.575. The van der Waals surface area contributed by atoms with Gasteiger partial charge in [0.2, 0.25) is 0 Å². The Labute approximate surface area is 139 Å². The number of halogens is 2. The van der Waals surface area contributed by atoms with E-state index < -0.39 is 0 Å². The topological polar surface area (TPSA) is 12.0 Å². The number of nitrogens with one attached hydrogen (secondary N) is 1. The molecule has 2 atom stereocenters. The Morgan fingerprint density at radius 3 is 2.52 bits per heavy atom. The molecule has 3 rings (SSSR count). The minimum Gasteiger partial charge on any atom is -0.381 e. The minimum atomic E-state index is 0.468. The second-order valence-corrected chi connectivity index (χ2v) is 6.85. The van der Waals surface area contributed by atoms with Gasteiger partial charge in [-0.2, -0.15) is 0 Å². The summed E-state index contributed by atoms with van der Waals surface area (Å²) in [5.41, 5.74) is 2.53. The molecule has 0 radical (unpaired) electrons. The highest BCUT2D eigenvalue weighted by molar-refractivity contribution is 9.10. The average Bonchev–Trinajstić information content (AvgIpc) is 2.53. The normalized spacial score (nSPS) is 22.0. The van der Waals surface area contributed by atoms with E-state index in [1.54, 1.807) is 0 Å². The van der Waals surface area contributed by atoms with Crippen molar-refractivity contribution in [1.29, 1.82) is 0 Å². The highest BCUT2D eigenvalue weighted by Crippen LogP contribution is 2.37. The molecule has 0 amide bonds. The first-order chi connectivity index (χ1) is 10.3. The molecule has 1 saturated carbocycles. The fourth-order valence-corrected chi connectivity index (χ4v) is 3.77. The lowest BCUT2D eigenvalue weighted by Gasteiger charge is -2.33. The van der Waals surface area contributed by atoms with E-state index >= 15 is 0 Å². The summed E-state index contributed by atoms with van der Waals surface area (Å²) >= 11 is 9.79. The molecule has 1 aliphatic carbocycles. The van der Waals surface area contributed by atoms with Crippen molar-refractivity contribution in [3.63, 3.8) is 0 Å². The largest absolute Gasteiger partial charge is 0.381 e. The van der Waals surface area contributed by atoms with Crippen LogP contribution < -0.4 is 5.32 Å². The van der Waals surface area contributed by atoms with Gasteiger partial charge in [-0.1, -0.05) is 60.8 Å². The molecule has 1 nitrogen and oxygen atoms in total. The molecule has 0 heterocycles. The van der Waals surface area contributed by atoms with Gasteiger partial charge in [0.15, 0.2) is 0 Å². The summed E-state index contributed by atoms with van der Waals surface area (Å²) in [7, 11) is 0. The van der Waals surface area contributed by atoms with Gasteiger partial charge in [0.1, 0.15) is 0 Å². The molecule has 1 aliphatic rings. The van der Waals surface area contributed by atoms with Crippen LogP contribution in [0.4, 0.5) is 5.69 Å². The van der Waals surface area contributed by atoms with E-state index in [-0.39, 0.29) is 0 Å². The second kappa shape index (κ2) is 6.85. The van der Waals surface area contributed by atoms with Crippen molar-refractivity contribution in [3.8, 4) is 0 Å². The molecule has 2 aromatic carbocycles. The number of anilines is 1. The number of hydrogen-bond donors (Lipinski definition) is 1. The van der Waals surface area contributed by atoms with Crippen LogP contribution in [0.15, 0.2) is 53.0 Å². The molecule has 0 aromatic heterocycles. The highest BCUT2D eigenvalue weighted by Gasteiger charge is 2.26. The molecule has 0 aliphatic heterocycles. The molecular formula is C18H19BrClN. The molecule has 2 aromatic rings. The first-order valence-corrected chi connectivity index (χ1v) is 8.68. The predicted molar refractivity (Wildman–Crippen MR) is 94.2 cm³/mol. The Morgan fingerprint density at radius 2 is 1.71 bits per heavy atom. The smallest absolute Gasteiger partial charge is 0.0593 e. The Kier molecular flexibility index (Phi) is 4.87. The maximum atomic E-state index is 6.20. The lowest BCUT2D eigenvalue weighted by molar-refractivity contribution is 0.405. The monoisotopic (exact) mass is 363 g/mol. The van der Waals surface area contributed by atoms with Crippen molar-refractivity contribution in [2.24, 2.45) is 0 Å². The maximum absolute atomic E-state index is 6.20. The Bertz CT molecular complexity index is 599. The molecule has 21 heavy (non-hydrogen) atoms. The summed E-state index contributed by atoms with van der Waals surface area (Å²) in [5, 5.41) is 4.46. The van der Waals surface area contributed by atoms with E-state index in [1.165, 1.54) is 31.2 Å². The molecule has 2 unspecified atom stereocenters. The van der Waals surface area contributed by atoms with E-state index in [0.29, 0.717) is 12.0 Å².